The normalized spacial score (nSPS) is 16.4. The van der Waals surface area contributed by atoms with Crippen LogP contribution in [0.25, 0.3) is 0 Å². The molecule has 0 aromatic heterocycles. The van der Waals surface area contributed by atoms with Gasteiger partial charge in [-0.1, -0.05) is 32.9 Å². The third-order valence-electron chi connectivity index (χ3n) is 3.91. The molecule has 1 aromatic carbocycles. The molecule has 2 rings (SSSR count). The lowest BCUT2D eigenvalue weighted by Gasteiger charge is -2.36. The number of rotatable bonds is 2. The van der Waals surface area contributed by atoms with Gasteiger partial charge in [-0.05, 0) is 25.0 Å². The Morgan fingerprint density at radius 1 is 1.18 bits per heavy atom. The number of benzene rings is 1. The third-order valence-corrected chi connectivity index (χ3v) is 3.91. The Kier molecular flexibility index (Phi) is 4.74. The van der Waals surface area contributed by atoms with Gasteiger partial charge in [0.1, 0.15) is 5.75 Å². The van der Waals surface area contributed by atoms with E-state index in [1.807, 2.05) is 25.7 Å². The number of hydrogen-bond donors (Lipinski definition) is 2. The largest absolute Gasteiger partial charge is 0.507 e. The molecular weight excluding hydrogens is 280 g/mol. The average molecular weight is 304 g/mol. The molecule has 5 heteroatoms. The minimum Gasteiger partial charge on any atom is -0.507 e. The van der Waals surface area contributed by atoms with Gasteiger partial charge in [0.2, 0.25) is 5.91 Å². The first-order valence-corrected chi connectivity index (χ1v) is 7.67. The van der Waals surface area contributed by atoms with E-state index < -0.39 is 0 Å². The zero-order chi connectivity index (χ0) is 16.3. The van der Waals surface area contributed by atoms with E-state index in [1.165, 1.54) is 6.07 Å². The van der Waals surface area contributed by atoms with Gasteiger partial charge in [-0.15, -0.1) is 0 Å². The van der Waals surface area contributed by atoms with Gasteiger partial charge in [0.25, 0.3) is 5.91 Å². The Morgan fingerprint density at radius 2 is 1.77 bits per heavy atom. The zero-order valence-electron chi connectivity index (χ0n) is 13.4. The zero-order valence-corrected chi connectivity index (χ0v) is 13.4. The van der Waals surface area contributed by atoms with E-state index in [1.54, 1.807) is 18.2 Å². The number of likely N-dealkylation sites (tertiary alicyclic amines) is 1. The first-order chi connectivity index (χ1) is 10.3. The predicted octanol–water partition coefficient (Wildman–Crippen LogP) is 2.16. The Bertz CT molecular complexity index is 555. The molecular formula is C17H24N2O3. The van der Waals surface area contributed by atoms with Crippen LogP contribution < -0.4 is 5.32 Å². The molecule has 0 aliphatic carbocycles. The Balaban J connectivity index is 1.89. The van der Waals surface area contributed by atoms with Crippen molar-refractivity contribution < 1.29 is 14.7 Å². The van der Waals surface area contributed by atoms with Gasteiger partial charge in [0, 0.05) is 24.5 Å². The summed E-state index contributed by atoms with van der Waals surface area (Å²) in [6.07, 6.45) is 1.47. The SMILES string of the molecule is CC(C)(C)C(=O)N1CCC(NC(=O)c2ccccc2O)CC1. The summed E-state index contributed by atoms with van der Waals surface area (Å²) in [4.78, 5) is 26.2. The molecule has 1 fully saturated rings. The summed E-state index contributed by atoms with van der Waals surface area (Å²) < 4.78 is 0. The number of phenolic OH excluding ortho intramolecular Hbond substituents is 1. The second-order valence-corrected chi connectivity index (χ2v) is 6.81. The van der Waals surface area contributed by atoms with Gasteiger partial charge in [-0.25, -0.2) is 0 Å². The van der Waals surface area contributed by atoms with Crippen LogP contribution in [-0.4, -0.2) is 41.0 Å². The lowest BCUT2D eigenvalue weighted by Crippen LogP contribution is -2.49. The standard InChI is InChI=1S/C17H24N2O3/c1-17(2,3)16(22)19-10-8-12(9-11-19)18-15(21)13-6-4-5-7-14(13)20/h4-7,12,20H,8-11H2,1-3H3,(H,18,21). The maximum absolute atomic E-state index is 12.2. The maximum atomic E-state index is 12.2. The van der Waals surface area contributed by atoms with Gasteiger partial charge in [0.05, 0.1) is 5.56 Å². The second-order valence-electron chi connectivity index (χ2n) is 6.81. The van der Waals surface area contributed by atoms with Crippen molar-refractivity contribution >= 4 is 11.8 Å². The van der Waals surface area contributed by atoms with Gasteiger partial charge >= 0.3 is 0 Å². The van der Waals surface area contributed by atoms with E-state index in [9.17, 15) is 14.7 Å². The molecule has 1 heterocycles. The van der Waals surface area contributed by atoms with E-state index >= 15 is 0 Å². The van der Waals surface area contributed by atoms with Gasteiger partial charge in [-0.2, -0.15) is 0 Å². The van der Waals surface area contributed by atoms with Crippen LogP contribution in [-0.2, 0) is 4.79 Å². The fourth-order valence-electron chi connectivity index (χ4n) is 2.63. The molecule has 2 amide bonds. The number of phenols is 1. The van der Waals surface area contributed by atoms with Gasteiger partial charge in [-0.3, -0.25) is 9.59 Å². The molecule has 1 saturated heterocycles. The predicted molar refractivity (Wildman–Crippen MR) is 84.6 cm³/mol. The lowest BCUT2D eigenvalue weighted by atomic mass is 9.93. The van der Waals surface area contributed by atoms with Crippen LogP contribution in [0.1, 0.15) is 44.0 Å². The summed E-state index contributed by atoms with van der Waals surface area (Å²) in [5.41, 5.74) is -0.0815. The highest BCUT2D eigenvalue weighted by Crippen LogP contribution is 2.21. The van der Waals surface area contributed by atoms with E-state index in [0.29, 0.717) is 13.1 Å². The number of piperidine rings is 1. The van der Waals surface area contributed by atoms with Crippen LogP contribution in [0.2, 0.25) is 0 Å². The number of carbonyl (C=O) groups excluding carboxylic acids is 2. The molecule has 0 radical (unpaired) electrons. The highest BCUT2D eigenvalue weighted by Gasteiger charge is 2.30. The molecule has 1 aliphatic rings. The summed E-state index contributed by atoms with van der Waals surface area (Å²) in [5, 5.41) is 12.6. The van der Waals surface area contributed by atoms with Crippen molar-refractivity contribution in [3.05, 3.63) is 29.8 Å². The van der Waals surface area contributed by atoms with Crippen molar-refractivity contribution in [1.82, 2.24) is 10.2 Å². The van der Waals surface area contributed by atoms with Crippen molar-refractivity contribution in [2.75, 3.05) is 13.1 Å². The van der Waals surface area contributed by atoms with Crippen LogP contribution in [0, 0.1) is 5.41 Å². The highest BCUT2D eigenvalue weighted by atomic mass is 16.3. The van der Waals surface area contributed by atoms with Gasteiger partial charge < -0.3 is 15.3 Å². The van der Waals surface area contributed by atoms with Gasteiger partial charge in [0.15, 0.2) is 0 Å². The van der Waals surface area contributed by atoms with Crippen LogP contribution in [0.5, 0.6) is 5.75 Å². The van der Waals surface area contributed by atoms with E-state index in [-0.39, 0.29) is 34.6 Å². The van der Waals surface area contributed by atoms with Crippen LogP contribution >= 0.6 is 0 Å². The topological polar surface area (TPSA) is 69.6 Å². The Labute approximate surface area is 131 Å². The average Bonchev–Trinajstić information content (AvgIpc) is 2.46. The number of para-hydroxylation sites is 1. The molecule has 22 heavy (non-hydrogen) atoms. The number of aromatic hydroxyl groups is 1. The summed E-state index contributed by atoms with van der Waals surface area (Å²) >= 11 is 0. The summed E-state index contributed by atoms with van der Waals surface area (Å²) in [6, 6.07) is 6.54. The number of carbonyl (C=O) groups is 2. The number of amides is 2. The molecule has 0 bridgehead atoms. The highest BCUT2D eigenvalue weighted by molar-refractivity contribution is 5.96. The smallest absolute Gasteiger partial charge is 0.255 e. The molecule has 0 spiro atoms. The first-order valence-electron chi connectivity index (χ1n) is 7.67. The number of hydrogen-bond acceptors (Lipinski definition) is 3. The van der Waals surface area contributed by atoms with Crippen molar-refractivity contribution in [2.24, 2.45) is 5.41 Å². The lowest BCUT2D eigenvalue weighted by molar-refractivity contribution is -0.140. The minimum absolute atomic E-state index is 0.0136. The summed E-state index contributed by atoms with van der Waals surface area (Å²) in [6.45, 7) is 7.06. The van der Waals surface area contributed by atoms with E-state index in [0.717, 1.165) is 12.8 Å². The Hall–Kier alpha value is -2.04. The summed E-state index contributed by atoms with van der Waals surface area (Å²) in [7, 11) is 0. The number of nitrogens with one attached hydrogen (secondary N) is 1. The second kappa shape index (κ2) is 6.38. The quantitative estimate of drug-likeness (QED) is 0.879. The number of nitrogens with zero attached hydrogens (tertiary/aromatic N) is 1. The van der Waals surface area contributed by atoms with Crippen molar-refractivity contribution in [3.63, 3.8) is 0 Å². The Morgan fingerprint density at radius 3 is 2.32 bits per heavy atom. The van der Waals surface area contributed by atoms with Crippen LogP contribution in [0.3, 0.4) is 0 Å². The molecule has 120 valence electrons. The molecule has 1 aliphatic heterocycles. The fraction of sp³-hybridized carbons (Fsp3) is 0.529. The monoisotopic (exact) mass is 304 g/mol. The molecule has 2 N–H and O–H groups in total. The molecule has 0 saturated carbocycles. The van der Waals surface area contributed by atoms with E-state index in [4.69, 9.17) is 0 Å². The molecule has 1 aromatic rings. The van der Waals surface area contributed by atoms with E-state index in [2.05, 4.69) is 5.32 Å². The van der Waals surface area contributed by atoms with Crippen molar-refractivity contribution in [3.8, 4) is 5.75 Å². The van der Waals surface area contributed by atoms with Crippen molar-refractivity contribution in [2.45, 2.75) is 39.7 Å². The fourth-order valence-corrected chi connectivity index (χ4v) is 2.63. The van der Waals surface area contributed by atoms with Crippen LogP contribution in [0.15, 0.2) is 24.3 Å². The first kappa shape index (κ1) is 16.3. The maximum Gasteiger partial charge on any atom is 0.255 e. The molecule has 0 atom stereocenters. The molecule has 5 nitrogen and oxygen atoms in total. The minimum atomic E-state index is -0.369. The van der Waals surface area contributed by atoms with Crippen molar-refractivity contribution in [1.29, 1.82) is 0 Å². The molecule has 0 unspecified atom stereocenters. The van der Waals surface area contributed by atoms with Crippen LogP contribution in [0.4, 0.5) is 0 Å². The summed E-state index contributed by atoms with van der Waals surface area (Å²) in [5.74, 6) is -0.128. The third kappa shape index (κ3) is 3.78.